The molecule has 0 spiro atoms. The average Bonchev–Trinajstić information content (AvgIpc) is 3.07. The Morgan fingerprint density at radius 3 is 2.52 bits per heavy atom. The molecule has 0 radical (unpaired) electrons. The number of anilines is 2. The van der Waals surface area contributed by atoms with Crippen LogP contribution in [0.3, 0.4) is 0 Å². The summed E-state index contributed by atoms with van der Waals surface area (Å²) >= 11 is 1.70. The van der Waals surface area contributed by atoms with Crippen LogP contribution in [0.4, 0.5) is 11.5 Å². The lowest BCUT2D eigenvalue weighted by Crippen LogP contribution is -2.10. The van der Waals surface area contributed by atoms with E-state index < -0.39 is 5.91 Å². The van der Waals surface area contributed by atoms with Crippen LogP contribution >= 0.6 is 11.8 Å². The molecule has 0 aliphatic carbocycles. The van der Waals surface area contributed by atoms with E-state index in [-0.39, 0.29) is 0 Å². The molecule has 0 bridgehead atoms. The highest BCUT2D eigenvalue weighted by Crippen LogP contribution is 2.32. The largest absolute Gasteiger partial charge is 0.366 e. The van der Waals surface area contributed by atoms with E-state index in [1.165, 1.54) is 4.90 Å². The summed E-state index contributed by atoms with van der Waals surface area (Å²) in [5, 5.41) is 3.40. The highest BCUT2D eigenvalue weighted by Gasteiger charge is 2.14. The van der Waals surface area contributed by atoms with Gasteiger partial charge < -0.3 is 11.1 Å². The minimum absolute atomic E-state index is 0.447. The van der Waals surface area contributed by atoms with Gasteiger partial charge in [-0.3, -0.25) is 14.2 Å². The Balaban J connectivity index is 1.79. The maximum atomic E-state index is 11.3. The number of hydrogen-bond acceptors (Lipinski definition) is 5. The molecule has 0 aliphatic rings. The van der Waals surface area contributed by atoms with Crippen LogP contribution in [-0.2, 0) is 0 Å². The van der Waals surface area contributed by atoms with Gasteiger partial charge in [-0.1, -0.05) is 12.1 Å². The zero-order valence-electron chi connectivity index (χ0n) is 14.6. The molecule has 2 aromatic heterocycles. The minimum atomic E-state index is -0.447. The van der Waals surface area contributed by atoms with Gasteiger partial charge in [0.05, 0.1) is 6.20 Å². The summed E-state index contributed by atoms with van der Waals surface area (Å²) in [7, 11) is 0. The predicted octanol–water partition coefficient (Wildman–Crippen LogP) is 3.96. The third kappa shape index (κ3) is 3.37. The smallest absolute Gasteiger partial charge is 0.248 e. The Morgan fingerprint density at radius 1 is 1.11 bits per heavy atom. The summed E-state index contributed by atoms with van der Waals surface area (Å²) in [4.78, 5) is 21.4. The summed E-state index contributed by atoms with van der Waals surface area (Å²) in [6.45, 7) is 0. The Kier molecular flexibility index (Phi) is 4.52. The summed E-state index contributed by atoms with van der Waals surface area (Å²) in [6, 6.07) is 15.3. The van der Waals surface area contributed by atoms with Gasteiger partial charge in [-0.05, 0) is 42.7 Å². The number of fused-ring (bicyclic) bond motifs is 1. The molecule has 0 atom stereocenters. The first-order chi connectivity index (χ1) is 13.2. The third-order valence-electron chi connectivity index (χ3n) is 4.23. The number of nitrogens with one attached hydrogen (secondary N) is 1. The highest BCUT2D eigenvalue weighted by atomic mass is 32.2. The van der Waals surface area contributed by atoms with Gasteiger partial charge in [0.15, 0.2) is 5.65 Å². The van der Waals surface area contributed by atoms with E-state index in [0.717, 1.165) is 28.4 Å². The number of nitrogens with two attached hydrogens (primary N) is 1. The number of carbonyl (C=O) groups is 1. The molecule has 1 amide bonds. The zero-order chi connectivity index (χ0) is 18.8. The molecule has 0 unspecified atom stereocenters. The molecule has 0 aliphatic heterocycles. The first-order valence-corrected chi connectivity index (χ1v) is 9.51. The van der Waals surface area contributed by atoms with Crippen LogP contribution in [0.2, 0.25) is 0 Å². The van der Waals surface area contributed by atoms with Crippen molar-refractivity contribution in [2.45, 2.75) is 4.90 Å². The fraction of sp³-hybridized carbons (Fsp3) is 0.0500. The van der Waals surface area contributed by atoms with Crippen molar-refractivity contribution < 1.29 is 4.79 Å². The van der Waals surface area contributed by atoms with E-state index in [4.69, 9.17) is 10.7 Å². The molecule has 27 heavy (non-hydrogen) atoms. The molecule has 134 valence electrons. The van der Waals surface area contributed by atoms with Gasteiger partial charge in [0.25, 0.3) is 0 Å². The van der Waals surface area contributed by atoms with Crippen molar-refractivity contribution in [2.24, 2.45) is 5.73 Å². The fourth-order valence-corrected chi connectivity index (χ4v) is 3.24. The first kappa shape index (κ1) is 17.1. The second kappa shape index (κ2) is 7.13. The van der Waals surface area contributed by atoms with Gasteiger partial charge in [0.2, 0.25) is 5.91 Å². The van der Waals surface area contributed by atoms with E-state index in [9.17, 15) is 4.79 Å². The SMILES string of the molecule is CSc1ccc(-c2nc3cnccn3c2Nc2ccc(C(N)=O)cc2)cc1. The molecule has 7 heteroatoms. The number of nitrogens with zero attached hydrogens (tertiary/aromatic N) is 3. The number of benzene rings is 2. The maximum absolute atomic E-state index is 11.3. The van der Waals surface area contributed by atoms with Crippen LogP contribution < -0.4 is 11.1 Å². The number of thioether (sulfide) groups is 1. The Hall–Kier alpha value is -3.32. The van der Waals surface area contributed by atoms with Crippen LogP contribution in [0, 0.1) is 0 Å². The van der Waals surface area contributed by atoms with E-state index >= 15 is 0 Å². The number of primary amides is 1. The molecule has 4 aromatic rings. The first-order valence-electron chi connectivity index (χ1n) is 8.29. The van der Waals surface area contributed by atoms with Gasteiger partial charge in [-0.25, -0.2) is 4.98 Å². The monoisotopic (exact) mass is 375 g/mol. The fourth-order valence-electron chi connectivity index (χ4n) is 2.83. The van der Waals surface area contributed by atoms with E-state index in [0.29, 0.717) is 5.56 Å². The van der Waals surface area contributed by atoms with Crippen LogP contribution in [0.25, 0.3) is 16.9 Å². The minimum Gasteiger partial charge on any atom is -0.366 e. The Morgan fingerprint density at radius 2 is 1.85 bits per heavy atom. The number of rotatable bonds is 5. The molecule has 0 fully saturated rings. The van der Waals surface area contributed by atoms with Crippen molar-refractivity contribution in [1.29, 1.82) is 0 Å². The predicted molar refractivity (Wildman–Crippen MR) is 108 cm³/mol. The van der Waals surface area contributed by atoms with E-state index in [1.54, 1.807) is 36.3 Å². The quantitative estimate of drug-likeness (QED) is 0.516. The summed E-state index contributed by atoms with van der Waals surface area (Å²) in [5.74, 6) is 0.383. The number of amides is 1. The van der Waals surface area contributed by atoms with E-state index in [2.05, 4.69) is 34.6 Å². The number of carbonyl (C=O) groups excluding carboxylic acids is 1. The van der Waals surface area contributed by atoms with E-state index in [1.807, 2.05) is 29.0 Å². The standard InChI is InChI=1S/C20H17N5OS/c1-27-16-8-4-13(5-9-16)18-20(25-11-10-22-12-17(25)24-18)23-15-6-2-14(3-7-15)19(21)26/h2-12,23H,1H3,(H2,21,26). The molecule has 6 nitrogen and oxygen atoms in total. The molecule has 0 saturated carbocycles. The molecule has 4 rings (SSSR count). The summed E-state index contributed by atoms with van der Waals surface area (Å²) in [6.07, 6.45) is 7.36. The highest BCUT2D eigenvalue weighted by molar-refractivity contribution is 7.98. The van der Waals surface area contributed by atoms with Crippen LogP contribution in [0.5, 0.6) is 0 Å². The second-order valence-corrected chi connectivity index (χ2v) is 6.79. The Bertz CT molecular complexity index is 1100. The number of aromatic nitrogens is 3. The maximum Gasteiger partial charge on any atom is 0.248 e. The van der Waals surface area contributed by atoms with Gasteiger partial charge in [0, 0.05) is 34.1 Å². The van der Waals surface area contributed by atoms with Crippen molar-refractivity contribution in [3.8, 4) is 11.3 Å². The van der Waals surface area contributed by atoms with Gasteiger partial charge >= 0.3 is 0 Å². The molecular formula is C20H17N5OS. The molecule has 3 N–H and O–H groups in total. The van der Waals surface area contributed by atoms with Crippen molar-refractivity contribution in [2.75, 3.05) is 11.6 Å². The van der Waals surface area contributed by atoms with Crippen LogP contribution in [-0.4, -0.2) is 26.5 Å². The lowest BCUT2D eigenvalue weighted by Gasteiger charge is -2.09. The molecule has 0 saturated heterocycles. The van der Waals surface area contributed by atoms with Crippen molar-refractivity contribution >= 4 is 34.8 Å². The van der Waals surface area contributed by atoms with Crippen LogP contribution in [0.15, 0.2) is 72.0 Å². The lowest BCUT2D eigenvalue weighted by molar-refractivity contribution is 0.100. The zero-order valence-corrected chi connectivity index (χ0v) is 15.4. The second-order valence-electron chi connectivity index (χ2n) is 5.91. The van der Waals surface area contributed by atoms with Gasteiger partial charge in [-0.2, -0.15) is 0 Å². The summed E-state index contributed by atoms with van der Waals surface area (Å²) < 4.78 is 1.95. The number of imidazole rings is 1. The van der Waals surface area contributed by atoms with Gasteiger partial charge in [-0.15, -0.1) is 11.8 Å². The van der Waals surface area contributed by atoms with Crippen LogP contribution in [0.1, 0.15) is 10.4 Å². The summed E-state index contributed by atoms with van der Waals surface area (Å²) in [5.41, 5.74) is 9.20. The lowest BCUT2D eigenvalue weighted by atomic mass is 10.1. The normalized spacial score (nSPS) is 10.9. The third-order valence-corrected chi connectivity index (χ3v) is 4.97. The van der Waals surface area contributed by atoms with Gasteiger partial charge in [0.1, 0.15) is 11.5 Å². The topological polar surface area (TPSA) is 85.3 Å². The molecule has 2 aromatic carbocycles. The molecular weight excluding hydrogens is 358 g/mol. The van der Waals surface area contributed by atoms with Crippen molar-refractivity contribution in [1.82, 2.24) is 14.4 Å². The Labute approximate surface area is 160 Å². The average molecular weight is 375 g/mol. The molecule has 2 heterocycles. The van der Waals surface area contributed by atoms with Crippen molar-refractivity contribution in [3.05, 3.63) is 72.7 Å². The number of hydrogen-bond donors (Lipinski definition) is 2. The van der Waals surface area contributed by atoms with Crippen molar-refractivity contribution in [3.63, 3.8) is 0 Å².